The molecule has 0 aromatic heterocycles. The van der Waals surface area contributed by atoms with Gasteiger partial charge in [-0.3, -0.25) is 0 Å². The van der Waals surface area contributed by atoms with Crippen molar-refractivity contribution in [2.45, 2.75) is 19.1 Å². The van der Waals surface area contributed by atoms with Gasteiger partial charge in [0.25, 0.3) is 10.2 Å². The molecule has 3 unspecified atom stereocenters. The molecule has 5 nitrogen and oxygen atoms in total. The summed E-state index contributed by atoms with van der Waals surface area (Å²) >= 11 is 0. The van der Waals surface area contributed by atoms with Crippen molar-refractivity contribution in [2.24, 2.45) is 11.8 Å². The van der Waals surface area contributed by atoms with Crippen molar-refractivity contribution >= 4 is 10.2 Å². The zero-order chi connectivity index (χ0) is 13.6. The Bertz CT molecular complexity index is 412. The quantitative estimate of drug-likeness (QED) is 0.763. The molecule has 2 aliphatic rings. The van der Waals surface area contributed by atoms with Crippen LogP contribution in [0.3, 0.4) is 0 Å². The van der Waals surface area contributed by atoms with E-state index in [0.717, 1.165) is 17.4 Å². The zero-order valence-electron chi connectivity index (χ0n) is 9.87. The first-order chi connectivity index (χ1) is 8.21. The third-order valence-corrected chi connectivity index (χ3v) is 5.25. The van der Waals surface area contributed by atoms with E-state index < -0.39 is 22.9 Å². The van der Waals surface area contributed by atoms with Crippen LogP contribution in [-0.4, -0.2) is 51.1 Å². The van der Waals surface area contributed by atoms with Gasteiger partial charge >= 0.3 is 6.18 Å². The van der Waals surface area contributed by atoms with Crippen molar-refractivity contribution in [1.82, 2.24) is 14.3 Å². The molecule has 2 fully saturated rings. The van der Waals surface area contributed by atoms with Gasteiger partial charge in [-0.1, -0.05) is 0 Å². The third kappa shape index (κ3) is 2.79. The molecular formula is C9H16F3N3O2S. The van der Waals surface area contributed by atoms with Crippen molar-refractivity contribution in [2.75, 3.05) is 26.2 Å². The Morgan fingerprint density at radius 1 is 1.39 bits per heavy atom. The molecule has 2 rings (SSSR count). The molecule has 0 aliphatic carbocycles. The topological polar surface area (TPSA) is 61.4 Å². The first kappa shape index (κ1) is 14.0. The number of alkyl halides is 3. The van der Waals surface area contributed by atoms with Gasteiger partial charge in [0.1, 0.15) is 6.54 Å². The molecule has 0 radical (unpaired) electrons. The third-order valence-electron chi connectivity index (χ3n) is 3.64. The number of rotatable bonds is 3. The molecule has 9 heteroatoms. The number of fused-ring (bicyclic) bond motifs is 1. The van der Waals surface area contributed by atoms with Gasteiger partial charge in [-0.15, -0.1) is 0 Å². The Balaban J connectivity index is 2.03. The Morgan fingerprint density at radius 3 is 2.61 bits per heavy atom. The number of hydrogen-bond donors (Lipinski definition) is 2. The SMILES string of the molecule is CC1C2CNCC2CN1S(=O)(=O)NCC(F)(F)F. The maximum Gasteiger partial charge on any atom is 0.402 e. The molecule has 106 valence electrons. The highest BCUT2D eigenvalue weighted by molar-refractivity contribution is 7.87. The standard InChI is InChI=1S/C9H16F3N3O2S/c1-6-8-3-13-2-7(8)4-15(6)18(16,17)14-5-9(10,11)12/h6-8,13-14H,2-5H2,1H3. The first-order valence-corrected chi connectivity index (χ1v) is 7.18. The fourth-order valence-corrected chi connectivity index (χ4v) is 4.20. The van der Waals surface area contributed by atoms with Gasteiger partial charge < -0.3 is 5.32 Å². The van der Waals surface area contributed by atoms with Crippen LogP contribution in [0.25, 0.3) is 0 Å². The van der Waals surface area contributed by atoms with Crippen LogP contribution in [0.5, 0.6) is 0 Å². The minimum atomic E-state index is -4.53. The molecule has 0 saturated carbocycles. The van der Waals surface area contributed by atoms with Crippen LogP contribution >= 0.6 is 0 Å². The van der Waals surface area contributed by atoms with Gasteiger partial charge in [0.15, 0.2) is 0 Å². The summed E-state index contributed by atoms with van der Waals surface area (Å²) in [4.78, 5) is 0. The van der Waals surface area contributed by atoms with Crippen LogP contribution in [0.15, 0.2) is 0 Å². The number of hydrogen-bond acceptors (Lipinski definition) is 3. The normalized spacial score (nSPS) is 33.9. The van der Waals surface area contributed by atoms with E-state index in [-0.39, 0.29) is 24.4 Å². The van der Waals surface area contributed by atoms with Crippen molar-refractivity contribution in [3.8, 4) is 0 Å². The van der Waals surface area contributed by atoms with Gasteiger partial charge in [0.05, 0.1) is 0 Å². The Kier molecular flexibility index (Phi) is 3.60. The molecule has 0 bridgehead atoms. The second kappa shape index (κ2) is 4.62. The summed E-state index contributed by atoms with van der Waals surface area (Å²) in [5.41, 5.74) is 0. The van der Waals surface area contributed by atoms with Crippen LogP contribution in [-0.2, 0) is 10.2 Å². The maximum absolute atomic E-state index is 12.0. The molecule has 2 heterocycles. The summed E-state index contributed by atoms with van der Waals surface area (Å²) in [6.45, 7) is 1.94. The monoisotopic (exact) mass is 287 g/mol. The maximum atomic E-state index is 12.0. The summed E-state index contributed by atoms with van der Waals surface area (Å²) in [5, 5.41) is 3.16. The Hall–Kier alpha value is -0.380. The first-order valence-electron chi connectivity index (χ1n) is 5.74. The van der Waals surface area contributed by atoms with Crippen LogP contribution in [0.2, 0.25) is 0 Å². The molecule has 0 spiro atoms. The van der Waals surface area contributed by atoms with Crippen LogP contribution < -0.4 is 10.0 Å². The van der Waals surface area contributed by atoms with E-state index in [0.29, 0.717) is 0 Å². The van der Waals surface area contributed by atoms with E-state index in [1.54, 1.807) is 11.6 Å². The Labute approximate surface area is 104 Å². The smallest absolute Gasteiger partial charge is 0.316 e. The van der Waals surface area contributed by atoms with E-state index in [1.165, 1.54) is 0 Å². The molecule has 2 N–H and O–H groups in total. The molecule has 0 aromatic carbocycles. The second-order valence-electron chi connectivity index (χ2n) is 4.83. The van der Waals surface area contributed by atoms with Gasteiger partial charge in [0, 0.05) is 12.6 Å². The summed E-state index contributed by atoms with van der Waals surface area (Å²) < 4.78 is 62.5. The molecule has 3 atom stereocenters. The molecule has 2 aliphatic heterocycles. The van der Waals surface area contributed by atoms with E-state index in [9.17, 15) is 21.6 Å². The fraction of sp³-hybridized carbons (Fsp3) is 1.00. The highest BCUT2D eigenvalue weighted by atomic mass is 32.2. The average molecular weight is 287 g/mol. The van der Waals surface area contributed by atoms with Gasteiger partial charge in [-0.25, -0.2) is 0 Å². The molecule has 0 amide bonds. The predicted octanol–water partition coefficient (Wildman–Crippen LogP) is -0.0772. The van der Waals surface area contributed by atoms with Crippen molar-refractivity contribution in [3.05, 3.63) is 0 Å². The molecule has 18 heavy (non-hydrogen) atoms. The molecule has 0 aromatic rings. The van der Waals surface area contributed by atoms with E-state index in [2.05, 4.69) is 5.32 Å². The number of nitrogens with zero attached hydrogens (tertiary/aromatic N) is 1. The van der Waals surface area contributed by atoms with E-state index >= 15 is 0 Å². The molecular weight excluding hydrogens is 271 g/mol. The van der Waals surface area contributed by atoms with Crippen LogP contribution in [0, 0.1) is 11.8 Å². The van der Waals surface area contributed by atoms with Gasteiger partial charge in [-0.05, 0) is 31.8 Å². The highest BCUT2D eigenvalue weighted by Crippen LogP contribution is 2.33. The van der Waals surface area contributed by atoms with Gasteiger partial charge in [0.2, 0.25) is 0 Å². The minimum absolute atomic E-state index is 0.187. The Morgan fingerprint density at radius 2 is 2.06 bits per heavy atom. The lowest BCUT2D eigenvalue weighted by atomic mass is 9.95. The lowest BCUT2D eigenvalue weighted by Gasteiger charge is -2.24. The number of nitrogens with one attached hydrogen (secondary N) is 2. The largest absolute Gasteiger partial charge is 0.402 e. The van der Waals surface area contributed by atoms with Crippen LogP contribution in [0.4, 0.5) is 13.2 Å². The fourth-order valence-electron chi connectivity index (χ4n) is 2.70. The van der Waals surface area contributed by atoms with Crippen molar-refractivity contribution in [1.29, 1.82) is 0 Å². The molecule has 2 saturated heterocycles. The average Bonchev–Trinajstić information content (AvgIpc) is 2.78. The summed E-state index contributed by atoms with van der Waals surface area (Å²) in [5.74, 6) is 0.384. The predicted molar refractivity (Wildman–Crippen MR) is 59.0 cm³/mol. The lowest BCUT2D eigenvalue weighted by molar-refractivity contribution is -0.121. The van der Waals surface area contributed by atoms with Crippen molar-refractivity contribution in [3.63, 3.8) is 0 Å². The van der Waals surface area contributed by atoms with E-state index in [1.807, 2.05) is 0 Å². The zero-order valence-corrected chi connectivity index (χ0v) is 10.7. The van der Waals surface area contributed by atoms with Crippen molar-refractivity contribution < 1.29 is 21.6 Å². The minimum Gasteiger partial charge on any atom is -0.316 e. The van der Waals surface area contributed by atoms with Gasteiger partial charge in [-0.2, -0.15) is 30.6 Å². The number of halogens is 3. The summed E-state index contributed by atoms with van der Waals surface area (Å²) in [7, 11) is -4.05. The lowest BCUT2D eigenvalue weighted by Crippen LogP contribution is -2.47. The van der Waals surface area contributed by atoms with E-state index in [4.69, 9.17) is 0 Å². The summed E-state index contributed by atoms with van der Waals surface area (Å²) in [6.07, 6.45) is -4.53. The summed E-state index contributed by atoms with van der Waals surface area (Å²) in [6, 6.07) is -0.268. The highest BCUT2D eigenvalue weighted by Gasteiger charge is 2.47. The second-order valence-corrected chi connectivity index (χ2v) is 6.54. The van der Waals surface area contributed by atoms with Crippen LogP contribution in [0.1, 0.15) is 6.92 Å².